The number of hydrogen-bond donors (Lipinski definition) is 1. The van der Waals surface area contributed by atoms with Crippen LogP contribution in [0.3, 0.4) is 0 Å². The first kappa shape index (κ1) is 21.7. The van der Waals surface area contributed by atoms with Crippen molar-refractivity contribution in [3.63, 3.8) is 0 Å². The van der Waals surface area contributed by atoms with E-state index in [9.17, 15) is 14.4 Å². The summed E-state index contributed by atoms with van der Waals surface area (Å²) in [5.41, 5.74) is 1.77. The van der Waals surface area contributed by atoms with Crippen LogP contribution in [-0.2, 0) is 16.0 Å². The van der Waals surface area contributed by atoms with Crippen molar-refractivity contribution in [3.8, 4) is 11.8 Å². The van der Waals surface area contributed by atoms with Crippen LogP contribution in [0.1, 0.15) is 18.1 Å². The zero-order valence-corrected chi connectivity index (χ0v) is 18.9. The Morgan fingerprint density at radius 2 is 1.77 bits per heavy atom. The molecule has 0 atom stereocenters. The van der Waals surface area contributed by atoms with E-state index in [1.165, 1.54) is 6.08 Å². The first-order chi connectivity index (χ1) is 14.3. The van der Waals surface area contributed by atoms with Gasteiger partial charge in [0, 0.05) is 0 Å². The minimum atomic E-state index is -0.797. The molecule has 1 aliphatic heterocycles. The molecule has 0 saturated carbocycles. The minimum absolute atomic E-state index is 0.133. The highest BCUT2D eigenvalue weighted by Gasteiger charge is 2.36. The van der Waals surface area contributed by atoms with E-state index in [0.29, 0.717) is 25.9 Å². The molecule has 1 N–H and O–H groups in total. The van der Waals surface area contributed by atoms with Crippen molar-refractivity contribution in [2.75, 3.05) is 11.5 Å². The van der Waals surface area contributed by atoms with Gasteiger partial charge >= 0.3 is 6.03 Å². The first-order valence-electron chi connectivity index (χ1n) is 8.85. The molecule has 1 aliphatic rings. The van der Waals surface area contributed by atoms with Crippen molar-refractivity contribution in [2.24, 2.45) is 0 Å². The lowest BCUT2D eigenvalue weighted by Crippen LogP contribution is -2.54. The topological polar surface area (TPSA) is 99.5 Å². The molecule has 0 radical (unpaired) electrons. The molecule has 0 spiro atoms. The Bertz CT molecular complexity index is 1080. The number of carbonyl (C=O) groups excluding carboxylic acids is 3. The lowest BCUT2D eigenvalue weighted by Gasteiger charge is -2.26. The SMILES string of the molecule is CCc1ccc(N2C(=O)NC(=O)/C(=C/c3cc(Br)c(OCC#N)c(Br)c3)C2=O)cc1. The molecule has 9 heteroatoms. The zero-order chi connectivity index (χ0) is 21.8. The molecule has 0 aliphatic carbocycles. The second-order valence-corrected chi connectivity index (χ2v) is 7.95. The van der Waals surface area contributed by atoms with E-state index in [1.54, 1.807) is 24.3 Å². The highest BCUT2D eigenvalue weighted by atomic mass is 79.9. The molecule has 7 nitrogen and oxygen atoms in total. The van der Waals surface area contributed by atoms with Gasteiger partial charge in [-0.05, 0) is 79.7 Å². The molecule has 2 aromatic rings. The normalized spacial score (nSPS) is 15.2. The van der Waals surface area contributed by atoms with Crippen molar-refractivity contribution in [1.82, 2.24) is 5.32 Å². The number of nitrogens with one attached hydrogen (secondary N) is 1. The third-order valence-electron chi connectivity index (χ3n) is 4.32. The first-order valence-corrected chi connectivity index (χ1v) is 10.4. The van der Waals surface area contributed by atoms with Gasteiger partial charge in [0.05, 0.1) is 14.6 Å². The van der Waals surface area contributed by atoms with Gasteiger partial charge in [-0.1, -0.05) is 19.1 Å². The van der Waals surface area contributed by atoms with Gasteiger partial charge in [-0.3, -0.25) is 14.9 Å². The smallest absolute Gasteiger partial charge is 0.335 e. The third-order valence-corrected chi connectivity index (χ3v) is 5.50. The summed E-state index contributed by atoms with van der Waals surface area (Å²) in [6.07, 6.45) is 2.21. The molecule has 4 amide bonds. The summed E-state index contributed by atoms with van der Waals surface area (Å²) in [4.78, 5) is 38.6. The summed E-state index contributed by atoms with van der Waals surface area (Å²) in [6.45, 7) is 1.87. The molecule has 1 saturated heterocycles. The van der Waals surface area contributed by atoms with E-state index in [-0.39, 0.29) is 12.2 Å². The number of rotatable bonds is 5. The van der Waals surface area contributed by atoms with E-state index in [2.05, 4.69) is 37.2 Å². The van der Waals surface area contributed by atoms with E-state index in [4.69, 9.17) is 10.00 Å². The van der Waals surface area contributed by atoms with Gasteiger partial charge in [-0.15, -0.1) is 0 Å². The van der Waals surface area contributed by atoms with Gasteiger partial charge < -0.3 is 4.74 Å². The van der Waals surface area contributed by atoms with Crippen molar-refractivity contribution in [3.05, 3.63) is 62.0 Å². The van der Waals surface area contributed by atoms with Crippen molar-refractivity contribution in [2.45, 2.75) is 13.3 Å². The summed E-state index contributed by atoms with van der Waals surface area (Å²) in [5, 5.41) is 10.9. The van der Waals surface area contributed by atoms with E-state index >= 15 is 0 Å². The van der Waals surface area contributed by atoms with Gasteiger partial charge in [0.2, 0.25) is 0 Å². The maximum Gasteiger partial charge on any atom is 0.335 e. The third kappa shape index (κ3) is 4.45. The number of ether oxygens (including phenoxy) is 1. The number of hydrogen-bond acceptors (Lipinski definition) is 5. The number of benzene rings is 2. The predicted molar refractivity (Wildman–Crippen MR) is 118 cm³/mol. The monoisotopic (exact) mass is 531 g/mol. The number of halogens is 2. The Labute approximate surface area is 189 Å². The van der Waals surface area contributed by atoms with Crippen LogP contribution in [0.5, 0.6) is 5.75 Å². The molecule has 2 aromatic carbocycles. The number of barbiturate groups is 1. The average molecular weight is 533 g/mol. The Kier molecular flexibility index (Phi) is 6.70. The van der Waals surface area contributed by atoms with Crippen LogP contribution in [0.15, 0.2) is 50.9 Å². The fourth-order valence-electron chi connectivity index (χ4n) is 2.84. The number of amides is 4. The van der Waals surface area contributed by atoms with Crippen molar-refractivity contribution >= 4 is 61.5 Å². The number of aryl methyl sites for hydroxylation is 1. The molecule has 0 aromatic heterocycles. The number of imide groups is 2. The number of nitrogens with zero attached hydrogens (tertiary/aromatic N) is 2. The summed E-state index contributed by atoms with van der Waals surface area (Å²) in [5.74, 6) is -1.07. The summed E-state index contributed by atoms with van der Waals surface area (Å²) in [7, 11) is 0. The minimum Gasteiger partial charge on any atom is -0.476 e. The fourth-order valence-corrected chi connectivity index (χ4v) is 4.30. The van der Waals surface area contributed by atoms with E-state index in [0.717, 1.165) is 16.9 Å². The van der Waals surface area contributed by atoms with Crippen LogP contribution < -0.4 is 15.0 Å². The van der Waals surface area contributed by atoms with Crippen LogP contribution >= 0.6 is 31.9 Å². The summed E-state index contributed by atoms with van der Waals surface area (Å²) >= 11 is 6.70. The Morgan fingerprint density at radius 1 is 1.13 bits per heavy atom. The second-order valence-electron chi connectivity index (χ2n) is 6.24. The molecule has 0 unspecified atom stereocenters. The predicted octanol–water partition coefficient (Wildman–Crippen LogP) is 4.34. The standard InChI is InChI=1S/C21H15Br2N3O4/c1-2-12-3-5-14(6-4-12)26-20(28)15(19(27)25-21(26)29)9-13-10-16(22)18(17(23)11-13)30-8-7-24/h3-6,9-11H,2,8H2,1H3,(H,25,27,29)/b15-9-. The van der Waals surface area contributed by atoms with Crippen molar-refractivity contribution < 1.29 is 19.1 Å². The Hall–Kier alpha value is -2.96. The maximum absolute atomic E-state index is 13.0. The largest absolute Gasteiger partial charge is 0.476 e. The molecular weight excluding hydrogens is 518 g/mol. The van der Waals surface area contributed by atoms with Crippen LogP contribution in [0.2, 0.25) is 0 Å². The molecular formula is C21H15Br2N3O4. The lowest BCUT2D eigenvalue weighted by molar-refractivity contribution is -0.122. The van der Waals surface area contributed by atoms with Gasteiger partial charge in [0.25, 0.3) is 11.8 Å². The van der Waals surface area contributed by atoms with Gasteiger partial charge in [-0.2, -0.15) is 5.26 Å². The number of nitriles is 1. The summed E-state index contributed by atoms with van der Waals surface area (Å²) in [6, 6.07) is 11.3. The number of carbonyl (C=O) groups is 3. The highest BCUT2D eigenvalue weighted by molar-refractivity contribution is 9.11. The second kappa shape index (κ2) is 9.24. The average Bonchev–Trinajstić information content (AvgIpc) is 2.71. The van der Waals surface area contributed by atoms with Gasteiger partial charge in [-0.25, -0.2) is 9.69 Å². The van der Waals surface area contributed by atoms with E-state index < -0.39 is 17.8 Å². The Morgan fingerprint density at radius 3 is 2.33 bits per heavy atom. The molecule has 3 rings (SSSR count). The van der Waals surface area contributed by atoms with Crippen molar-refractivity contribution in [1.29, 1.82) is 5.26 Å². The van der Waals surface area contributed by atoms with Gasteiger partial charge in [0.1, 0.15) is 17.4 Å². The summed E-state index contributed by atoms with van der Waals surface area (Å²) < 4.78 is 6.40. The molecule has 152 valence electrons. The lowest BCUT2D eigenvalue weighted by atomic mass is 10.1. The highest BCUT2D eigenvalue weighted by Crippen LogP contribution is 2.35. The van der Waals surface area contributed by atoms with Crippen LogP contribution in [-0.4, -0.2) is 24.5 Å². The fraction of sp³-hybridized carbons (Fsp3) is 0.143. The number of urea groups is 1. The quantitative estimate of drug-likeness (QED) is 0.456. The molecule has 1 heterocycles. The zero-order valence-electron chi connectivity index (χ0n) is 15.7. The van der Waals surface area contributed by atoms with Crippen LogP contribution in [0.25, 0.3) is 6.08 Å². The molecule has 1 fully saturated rings. The molecule has 30 heavy (non-hydrogen) atoms. The van der Waals surface area contributed by atoms with Crippen LogP contribution in [0, 0.1) is 11.3 Å². The maximum atomic E-state index is 13.0. The molecule has 0 bridgehead atoms. The van der Waals surface area contributed by atoms with Crippen LogP contribution in [0.4, 0.5) is 10.5 Å². The van der Waals surface area contributed by atoms with E-state index in [1.807, 2.05) is 25.1 Å². The Balaban J connectivity index is 1.97. The van der Waals surface area contributed by atoms with Gasteiger partial charge in [0.15, 0.2) is 6.61 Å². The number of anilines is 1.